The van der Waals surface area contributed by atoms with Crippen LogP contribution in [0.4, 0.5) is 0 Å². The van der Waals surface area contributed by atoms with Gasteiger partial charge >= 0.3 is 0 Å². The first-order valence-corrected chi connectivity index (χ1v) is 4.33. The van der Waals surface area contributed by atoms with Crippen LogP contribution in [-0.2, 0) is 9.47 Å². The molecule has 1 unspecified atom stereocenters. The molecule has 0 radical (unpaired) electrons. The molecule has 1 rings (SSSR count). The smallest absolute Gasteiger partial charge is 0.0597 e. The van der Waals surface area contributed by atoms with E-state index in [1.165, 1.54) is 12.8 Å². The van der Waals surface area contributed by atoms with E-state index in [0.29, 0.717) is 19.3 Å². The molecule has 2 N–H and O–H groups in total. The number of nitrogens with two attached hydrogens (primary N) is 1. The van der Waals surface area contributed by atoms with Crippen LogP contribution in [-0.4, -0.2) is 32.5 Å². The summed E-state index contributed by atoms with van der Waals surface area (Å²) >= 11 is 0. The van der Waals surface area contributed by atoms with Crippen molar-refractivity contribution in [3.8, 4) is 0 Å². The third-order valence-corrected chi connectivity index (χ3v) is 1.87. The summed E-state index contributed by atoms with van der Waals surface area (Å²) in [5.74, 6) is 0. The molecule has 3 heteroatoms. The minimum atomic E-state index is 0.452. The van der Waals surface area contributed by atoms with Crippen LogP contribution in [0.5, 0.6) is 0 Å². The van der Waals surface area contributed by atoms with Crippen molar-refractivity contribution in [2.75, 3.05) is 26.4 Å². The average Bonchev–Trinajstić information content (AvgIpc) is 2.50. The SMILES string of the molecule is NCCOCCC1CCCO1. The summed E-state index contributed by atoms with van der Waals surface area (Å²) in [5, 5.41) is 0. The minimum Gasteiger partial charge on any atom is -0.380 e. The molecular formula is C8H17NO2. The Balaban J connectivity index is 1.86. The molecule has 0 spiro atoms. The molecule has 0 aromatic carbocycles. The van der Waals surface area contributed by atoms with Gasteiger partial charge < -0.3 is 15.2 Å². The summed E-state index contributed by atoms with van der Waals surface area (Å²) in [5.41, 5.74) is 5.27. The van der Waals surface area contributed by atoms with Crippen LogP contribution in [0.1, 0.15) is 19.3 Å². The molecule has 1 atom stereocenters. The van der Waals surface area contributed by atoms with Crippen LogP contribution in [0.15, 0.2) is 0 Å². The van der Waals surface area contributed by atoms with Crippen molar-refractivity contribution in [2.24, 2.45) is 5.73 Å². The molecule has 0 amide bonds. The average molecular weight is 159 g/mol. The highest BCUT2D eigenvalue weighted by Gasteiger charge is 2.14. The van der Waals surface area contributed by atoms with Gasteiger partial charge in [0.05, 0.1) is 12.7 Å². The van der Waals surface area contributed by atoms with Crippen LogP contribution >= 0.6 is 0 Å². The molecule has 3 nitrogen and oxygen atoms in total. The maximum Gasteiger partial charge on any atom is 0.0597 e. The van der Waals surface area contributed by atoms with Crippen LogP contribution in [0.3, 0.4) is 0 Å². The molecule has 11 heavy (non-hydrogen) atoms. The zero-order valence-corrected chi connectivity index (χ0v) is 6.92. The van der Waals surface area contributed by atoms with Crippen molar-refractivity contribution in [3.05, 3.63) is 0 Å². The lowest BCUT2D eigenvalue weighted by molar-refractivity contribution is 0.0617. The van der Waals surface area contributed by atoms with E-state index in [9.17, 15) is 0 Å². The predicted octanol–water partition coefficient (Wildman–Crippen LogP) is 0.531. The first-order valence-electron chi connectivity index (χ1n) is 4.33. The molecule has 1 fully saturated rings. The van der Waals surface area contributed by atoms with E-state index in [0.717, 1.165) is 19.6 Å². The Labute approximate surface area is 67.9 Å². The Bertz CT molecular complexity index is 92.1. The molecule has 0 aliphatic carbocycles. The fourth-order valence-corrected chi connectivity index (χ4v) is 1.27. The van der Waals surface area contributed by atoms with E-state index in [4.69, 9.17) is 15.2 Å². The Morgan fingerprint density at radius 3 is 3.00 bits per heavy atom. The van der Waals surface area contributed by atoms with E-state index < -0.39 is 0 Å². The Morgan fingerprint density at radius 1 is 1.45 bits per heavy atom. The van der Waals surface area contributed by atoms with E-state index in [2.05, 4.69) is 0 Å². The first-order chi connectivity index (χ1) is 5.43. The minimum absolute atomic E-state index is 0.452. The fourth-order valence-electron chi connectivity index (χ4n) is 1.27. The van der Waals surface area contributed by atoms with Gasteiger partial charge in [0.25, 0.3) is 0 Å². The van der Waals surface area contributed by atoms with Crippen molar-refractivity contribution in [1.29, 1.82) is 0 Å². The topological polar surface area (TPSA) is 44.5 Å². The second-order valence-corrected chi connectivity index (χ2v) is 2.82. The Kier molecular flexibility index (Phi) is 4.50. The van der Waals surface area contributed by atoms with Crippen LogP contribution in [0.2, 0.25) is 0 Å². The Hall–Kier alpha value is -0.120. The van der Waals surface area contributed by atoms with E-state index in [-0.39, 0.29) is 0 Å². The molecule has 0 aromatic rings. The summed E-state index contributed by atoms with van der Waals surface area (Å²) in [6.07, 6.45) is 3.89. The van der Waals surface area contributed by atoms with Crippen LogP contribution < -0.4 is 5.73 Å². The highest BCUT2D eigenvalue weighted by molar-refractivity contribution is 4.63. The third-order valence-electron chi connectivity index (χ3n) is 1.87. The molecule has 0 aromatic heterocycles. The van der Waals surface area contributed by atoms with Crippen molar-refractivity contribution in [2.45, 2.75) is 25.4 Å². The summed E-state index contributed by atoms with van der Waals surface area (Å²) in [6.45, 7) is 3.02. The second-order valence-electron chi connectivity index (χ2n) is 2.82. The van der Waals surface area contributed by atoms with Gasteiger partial charge in [-0.05, 0) is 19.3 Å². The summed E-state index contributed by atoms with van der Waals surface area (Å²) in [4.78, 5) is 0. The highest BCUT2D eigenvalue weighted by Crippen LogP contribution is 2.14. The maximum absolute atomic E-state index is 5.42. The first kappa shape index (κ1) is 8.97. The molecule has 1 aliphatic heterocycles. The molecule has 0 saturated carbocycles. The number of rotatable bonds is 5. The monoisotopic (exact) mass is 159 g/mol. The van der Waals surface area contributed by atoms with Crippen molar-refractivity contribution >= 4 is 0 Å². The number of hydrogen-bond donors (Lipinski definition) is 1. The van der Waals surface area contributed by atoms with E-state index >= 15 is 0 Å². The van der Waals surface area contributed by atoms with Gasteiger partial charge in [0.2, 0.25) is 0 Å². The molecule has 1 saturated heterocycles. The normalized spacial score (nSPS) is 24.3. The number of hydrogen-bond acceptors (Lipinski definition) is 3. The van der Waals surface area contributed by atoms with Gasteiger partial charge in [-0.15, -0.1) is 0 Å². The highest BCUT2D eigenvalue weighted by atomic mass is 16.5. The van der Waals surface area contributed by atoms with Gasteiger partial charge in [0.15, 0.2) is 0 Å². The predicted molar refractivity (Wildman–Crippen MR) is 43.5 cm³/mol. The lowest BCUT2D eigenvalue weighted by Crippen LogP contribution is -2.13. The zero-order chi connectivity index (χ0) is 7.94. The fraction of sp³-hybridized carbons (Fsp3) is 1.00. The standard InChI is InChI=1S/C8H17NO2/c9-4-7-10-6-3-8-2-1-5-11-8/h8H,1-7,9H2. The van der Waals surface area contributed by atoms with E-state index in [1.54, 1.807) is 0 Å². The molecule has 1 aliphatic rings. The number of ether oxygens (including phenoxy) is 2. The molecule has 66 valence electrons. The van der Waals surface area contributed by atoms with Crippen molar-refractivity contribution < 1.29 is 9.47 Å². The van der Waals surface area contributed by atoms with Gasteiger partial charge in [-0.3, -0.25) is 0 Å². The van der Waals surface area contributed by atoms with Gasteiger partial charge in [-0.2, -0.15) is 0 Å². The van der Waals surface area contributed by atoms with Crippen molar-refractivity contribution in [3.63, 3.8) is 0 Å². The quantitative estimate of drug-likeness (QED) is 0.595. The van der Waals surface area contributed by atoms with E-state index in [1.807, 2.05) is 0 Å². The second kappa shape index (κ2) is 5.52. The largest absolute Gasteiger partial charge is 0.380 e. The van der Waals surface area contributed by atoms with Crippen LogP contribution in [0.25, 0.3) is 0 Å². The lowest BCUT2D eigenvalue weighted by atomic mass is 10.2. The maximum atomic E-state index is 5.42. The molecule has 0 bridgehead atoms. The molecular weight excluding hydrogens is 142 g/mol. The van der Waals surface area contributed by atoms with Gasteiger partial charge in [0, 0.05) is 19.8 Å². The summed E-state index contributed by atoms with van der Waals surface area (Å²) in [6, 6.07) is 0. The van der Waals surface area contributed by atoms with Gasteiger partial charge in [0.1, 0.15) is 0 Å². The van der Waals surface area contributed by atoms with Gasteiger partial charge in [-0.25, -0.2) is 0 Å². The Morgan fingerprint density at radius 2 is 2.36 bits per heavy atom. The van der Waals surface area contributed by atoms with Crippen molar-refractivity contribution in [1.82, 2.24) is 0 Å². The zero-order valence-electron chi connectivity index (χ0n) is 6.92. The summed E-state index contributed by atoms with van der Waals surface area (Å²) in [7, 11) is 0. The summed E-state index contributed by atoms with van der Waals surface area (Å²) < 4.78 is 10.7. The van der Waals surface area contributed by atoms with Crippen LogP contribution in [0, 0.1) is 0 Å². The third kappa shape index (κ3) is 3.70. The van der Waals surface area contributed by atoms with Gasteiger partial charge in [-0.1, -0.05) is 0 Å². The lowest BCUT2D eigenvalue weighted by Gasteiger charge is -2.08. The molecule has 1 heterocycles.